The van der Waals surface area contributed by atoms with Crippen molar-refractivity contribution in [3.05, 3.63) is 53.5 Å². The average molecular weight is 470 g/mol. The number of aryl methyl sites for hydroxylation is 2. The molecule has 1 aromatic carbocycles. The zero-order valence-corrected chi connectivity index (χ0v) is 19.8. The maximum absolute atomic E-state index is 12.9. The first-order valence-corrected chi connectivity index (χ1v) is 12.0. The number of carbonyl (C=O) groups is 2. The molecule has 1 saturated heterocycles. The summed E-state index contributed by atoms with van der Waals surface area (Å²) in [5.41, 5.74) is 2.38. The van der Waals surface area contributed by atoms with Crippen molar-refractivity contribution in [3.8, 4) is 5.69 Å². The molecule has 3 aromatic rings. The van der Waals surface area contributed by atoms with Crippen molar-refractivity contribution in [2.24, 2.45) is 5.92 Å². The number of hydrogen-bond donors (Lipinski definition) is 0. The molecule has 3 heterocycles. The molecular weight excluding hydrogens is 442 g/mol. The second-order valence-corrected chi connectivity index (χ2v) is 8.90. The number of carbonyl (C=O) groups excluding carboxylic acids is 2. The first kappa shape index (κ1) is 23.0. The van der Waals surface area contributed by atoms with E-state index in [1.807, 2.05) is 36.6 Å². The van der Waals surface area contributed by atoms with Crippen molar-refractivity contribution in [1.29, 1.82) is 0 Å². The van der Waals surface area contributed by atoms with Gasteiger partial charge in [-0.05, 0) is 51.3 Å². The van der Waals surface area contributed by atoms with E-state index in [9.17, 15) is 9.59 Å². The third-order valence-corrected chi connectivity index (χ3v) is 6.39. The van der Waals surface area contributed by atoms with E-state index >= 15 is 0 Å². The van der Waals surface area contributed by atoms with Crippen LogP contribution in [-0.2, 0) is 15.3 Å². The van der Waals surface area contributed by atoms with Crippen molar-refractivity contribution >= 4 is 23.6 Å². The third-order valence-electron chi connectivity index (χ3n) is 5.48. The van der Waals surface area contributed by atoms with Crippen LogP contribution in [0.25, 0.3) is 5.69 Å². The van der Waals surface area contributed by atoms with E-state index in [4.69, 9.17) is 9.15 Å². The Labute approximate surface area is 196 Å². The highest BCUT2D eigenvalue weighted by atomic mass is 32.2. The Morgan fingerprint density at radius 1 is 1.27 bits per heavy atom. The van der Waals surface area contributed by atoms with E-state index in [0.29, 0.717) is 31.3 Å². The topological polar surface area (TPSA) is 103 Å². The van der Waals surface area contributed by atoms with Crippen LogP contribution < -0.4 is 0 Å². The molecule has 1 amide bonds. The number of nitrogens with zero attached hydrogens (tertiary/aromatic N) is 5. The summed E-state index contributed by atoms with van der Waals surface area (Å²) in [5.74, 6) is 0.845. The fourth-order valence-electron chi connectivity index (χ4n) is 3.88. The highest BCUT2D eigenvalue weighted by Crippen LogP contribution is 2.26. The number of aromatic nitrogens is 4. The van der Waals surface area contributed by atoms with Crippen molar-refractivity contribution in [1.82, 2.24) is 24.6 Å². The van der Waals surface area contributed by atoms with E-state index in [2.05, 4.69) is 21.2 Å². The Morgan fingerprint density at radius 2 is 2.12 bits per heavy atom. The van der Waals surface area contributed by atoms with E-state index in [1.54, 1.807) is 11.8 Å². The molecule has 2 aromatic heterocycles. The van der Waals surface area contributed by atoms with Crippen LogP contribution in [0, 0.1) is 19.8 Å². The molecule has 10 heteroatoms. The summed E-state index contributed by atoms with van der Waals surface area (Å²) < 4.78 is 12.7. The number of esters is 1. The minimum atomic E-state index is -0.291. The van der Waals surface area contributed by atoms with Crippen LogP contribution in [-0.4, -0.2) is 56.2 Å². The summed E-state index contributed by atoms with van der Waals surface area (Å²) in [4.78, 5) is 31.0. The quantitative estimate of drug-likeness (QED) is 0.382. The smallest absolute Gasteiger partial charge is 0.310 e. The highest BCUT2D eigenvalue weighted by Gasteiger charge is 2.31. The second-order valence-electron chi connectivity index (χ2n) is 7.96. The van der Waals surface area contributed by atoms with Crippen LogP contribution in [0.5, 0.6) is 0 Å². The Hall–Kier alpha value is -3.14. The lowest BCUT2D eigenvalue weighted by Crippen LogP contribution is -2.43. The molecule has 1 unspecified atom stereocenters. The van der Waals surface area contributed by atoms with Gasteiger partial charge in [0.05, 0.1) is 18.3 Å². The molecule has 0 spiro atoms. The fourth-order valence-corrected chi connectivity index (χ4v) is 4.73. The average Bonchev–Trinajstić information content (AvgIpc) is 3.44. The van der Waals surface area contributed by atoms with E-state index in [1.165, 1.54) is 18.0 Å². The number of rotatable bonds is 7. The summed E-state index contributed by atoms with van der Waals surface area (Å²) in [6.45, 7) is 6.99. The summed E-state index contributed by atoms with van der Waals surface area (Å²) >= 11 is 1.44. The van der Waals surface area contributed by atoms with E-state index in [0.717, 1.165) is 35.1 Å². The Bertz CT molecular complexity index is 1140. The van der Waals surface area contributed by atoms with Gasteiger partial charge in [-0.3, -0.25) is 14.2 Å². The van der Waals surface area contributed by atoms with Crippen LogP contribution in [0.3, 0.4) is 0 Å². The van der Waals surface area contributed by atoms with Gasteiger partial charge in [0.15, 0.2) is 10.9 Å². The first-order valence-electron chi connectivity index (χ1n) is 11.0. The fraction of sp³-hybridized carbons (Fsp3) is 0.435. The van der Waals surface area contributed by atoms with Gasteiger partial charge in [-0.15, -0.1) is 10.2 Å². The lowest BCUT2D eigenvalue weighted by molar-refractivity contribution is -0.149. The molecule has 4 rings (SSSR count). The van der Waals surface area contributed by atoms with Gasteiger partial charge in [-0.1, -0.05) is 23.9 Å². The van der Waals surface area contributed by atoms with Gasteiger partial charge in [-0.25, -0.2) is 4.98 Å². The largest absolute Gasteiger partial charge is 0.466 e. The van der Waals surface area contributed by atoms with Crippen LogP contribution in [0.2, 0.25) is 0 Å². The Morgan fingerprint density at radius 3 is 2.91 bits per heavy atom. The Balaban J connectivity index is 1.41. The zero-order valence-electron chi connectivity index (χ0n) is 19.0. The number of oxazole rings is 1. The third kappa shape index (κ3) is 5.27. The first-order chi connectivity index (χ1) is 16.0. The second kappa shape index (κ2) is 10.2. The van der Waals surface area contributed by atoms with Gasteiger partial charge in [-0.2, -0.15) is 0 Å². The predicted molar refractivity (Wildman–Crippen MR) is 122 cm³/mol. The molecule has 1 aliphatic rings. The van der Waals surface area contributed by atoms with Gasteiger partial charge in [0.2, 0.25) is 5.89 Å². The maximum atomic E-state index is 12.9. The number of ether oxygens (including phenoxy) is 1. The lowest BCUT2D eigenvalue weighted by atomic mass is 9.98. The summed E-state index contributed by atoms with van der Waals surface area (Å²) in [5, 5.41) is 9.21. The number of benzene rings is 1. The van der Waals surface area contributed by atoms with Crippen molar-refractivity contribution in [3.63, 3.8) is 0 Å². The number of thioether (sulfide) groups is 1. The molecule has 0 bridgehead atoms. The number of likely N-dealkylation sites (tertiary alicyclic amines) is 1. The van der Waals surface area contributed by atoms with Crippen molar-refractivity contribution < 1.29 is 18.7 Å². The minimum Gasteiger partial charge on any atom is -0.466 e. The van der Waals surface area contributed by atoms with Crippen LogP contribution >= 0.6 is 11.8 Å². The predicted octanol–water partition coefficient (Wildman–Crippen LogP) is 3.58. The molecule has 0 radical (unpaired) electrons. The monoisotopic (exact) mass is 469 g/mol. The number of piperidine rings is 1. The van der Waals surface area contributed by atoms with Crippen molar-refractivity contribution in [2.45, 2.75) is 44.5 Å². The van der Waals surface area contributed by atoms with Crippen LogP contribution in [0.4, 0.5) is 0 Å². The summed E-state index contributed by atoms with van der Waals surface area (Å²) in [6, 6.07) is 8.12. The number of amides is 1. The molecule has 33 heavy (non-hydrogen) atoms. The SMILES string of the molecule is CCOC(=O)C1CCCN(C(=O)c2coc(CSc3nnc(C)n3-c3cccc(C)c3)n2)C1. The molecule has 9 nitrogen and oxygen atoms in total. The summed E-state index contributed by atoms with van der Waals surface area (Å²) in [7, 11) is 0. The molecule has 1 fully saturated rings. The van der Waals surface area contributed by atoms with Crippen LogP contribution in [0.15, 0.2) is 40.1 Å². The molecule has 0 aliphatic carbocycles. The molecule has 0 saturated carbocycles. The van der Waals surface area contributed by atoms with Crippen LogP contribution in [0.1, 0.15) is 47.5 Å². The lowest BCUT2D eigenvalue weighted by Gasteiger charge is -2.30. The van der Waals surface area contributed by atoms with Gasteiger partial charge < -0.3 is 14.1 Å². The van der Waals surface area contributed by atoms with Gasteiger partial charge >= 0.3 is 5.97 Å². The Kier molecular flexibility index (Phi) is 7.12. The van der Waals surface area contributed by atoms with Gasteiger partial charge in [0.1, 0.15) is 12.1 Å². The molecule has 1 aliphatic heterocycles. The maximum Gasteiger partial charge on any atom is 0.310 e. The zero-order chi connectivity index (χ0) is 23.4. The molecular formula is C23H27N5O4S. The van der Waals surface area contributed by atoms with E-state index < -0.39 is 0 Å². The minimum absolute atomic E-state index is 0.234. The number of hydrogen-bond acceptors (Lipinski definition) is 8. The van der Waals surface area contributed by atoms with E-state index in [-0.39, 0.29) is 23.5 Å². The normalized spacial score (nSPS) is 16.1. The van der Waals surface area contributed by atoms with Gasteiger partial charge in [0.25, 0.3) is 5.91 Å². The van der Waals surface area contributed by atoms with Crippen molar-refractivity contribution in [2.75, 3.05) is 19.7 Å². The summed E-state index contributed by atoms with van der Waals surface area (Å²) in [6.07, 6.45) is 2.86. The van der Waals surface area contributed by atoms with Gasteiger partial charge in [0, 0.05) is 18.8 Å². The molecule has 0 N–H and O–H groups in total. The highest BCUT2D eigenvalue weighted by molar-refractivity contribution is 7.98. The standard InChI is InChI=1S/C23H27N5O4S/c1-4-31-22(30)17-8-6-10-27(12-17)21(29)19-13-32-20(24-19)14-33-23-26-25-16(3)28(23)18-9-5-7-15(2)11-18/h5,7,9,11,13,17H,4,6,8,10,12,14H2,1-3H3. The molecule has 1 atom stereocenters. The molecule has 174 valence electrons.